The number of aliphatic imine (C=N–C) groups is 1. The van der Waals surface area contributed by atoms with Crippen molar-refractivity contribution in [2.75, 3.05) is 32.8 Å². The minimum absolute atomic E-state index is 0.462. The second-order valence-electron chi connectivity index (χ2n) is 7.99. The molecule has 0 radical (unpaired) electrons. The highest BCUT2D eigenvalue weighted by Gasteiger charge is 2.13. The molecule has 1 aliphatic rings. The molecule has 0 spiro atoms. The smallest absolute Gasteiger partial charge is 0.191 e. The Labute approximate surface area is 186 Å². The van der Waals surface area contributed by atoms with Crippen LogP contribution >= 0.6 is 0 Å². The number of nitrogens with one attached hydrogen (secondary N) is 2. The zero-order valence-electron chi connectivity index (χ0n) is 19.2. The molecule has 7 heteroatoms. The van der Waals surface area contributed by atoms with Crippen molar-refractivity contribution in [3.63, 3.8) is 0 Å². The van der Waals surface area contributed by atoms with Crippen LogP contribution < -0.4 is 10.6 Å². The van der Waals surface area contributed by atoms with Gasteiger partial charge in [0.2, 0.25) is 0 Å². The lowest BCUT2D eigenvalue weighted by atomic mass is 9.99. The van der Waals surface area contributed by atoms with Crippen molar-refractivity contribution < 1.29 is 9.26 Å². The van der Waals surface area contributed by atoms with E-state index in [2.05, 4.69) is 71.8 Å². The van der Waals surface area contributed by atoms with Crippen LogP contribution in [0.15, 0.2) is 39.8 Å². The molecule has 0 amide bonds. The maximum atomic E-state index is 5.52. The Morgan fingerprint density at radius 3 is 2.61 bits per heavy atom. The molecule has 0 saturated carbocycles. The van der Waals surface area contributed by atoms with Gasteiger partial charge in [-0.3, -0.25) is 4.90 Å². The topological polar surface area (TPSA) is 74.9 Å². The third kappa shape index (κ3) is 7.36. The lowest BCUT2D eigenvalue weighted by Gasteiger charge is -2.26. The summed E-state index contributed by atoms with van der Waals surface area (Å²) >= 11 is 0. The van der Waals surface area contributed by atoms with Gasteiger partial charge in [0.15, 0.2) is 11.7 Å². The van der Waals surface area contributed by atoms with Gasteiger partial charge in [0.25, 0.3) is 0 Å². The molecule has 3 rings (SSSR count). The van der Waals surface area contributed by atoms with Crippen LogP contribution in [-0.4, -0.2) is 48.9 Å². The summed E-state index contributed by atoms with van der Waals surface area (Å²) in [6, 6.07) is 10.8. The van der Waals surface area contributed by atoms with Crippen molar-refractivity contribution in [2.45, 2.75) is 59.2 Å². The molecule has 2 N–H and O–H groups in total. The van der Waals surface area contributed by atoms with E-state index < -0.39 is 0 Å². The van der Waals surface area contributed by atoms with E-state index >= 15 is 0 Å². The minimum Gasteiger partial charge on any atom is -0.379 e. The molecular formula is C24H37N5O2. The zero-order chi connectivity index (χ0) is 21.9. The number of guanidine groups is 1. The molecular weight excluding hydrogens is 390 g/mol. The van der Waals surface area contributed by atoms with Crippen LogP contribution in [0, 0.1) is 0 Å². The standard InChI is InChI=1S/C24H37N5O2/c1-4-21(5-2)23-15-22(31-28-23)17-27-24(25-6-3)26-16-19-8-7-9-20(14-19)18-29-10-12-30-13-11-29/h7-9,14-15,21H,4-6,10-13,16-18H2,1-3H3,(H2,25,26,27). The molecule has 0 bridgehead atoms. The summed E-state index contributed by atoms with van der Waals surface area (Å²) in [7, 11) is 0. The monoisotopic (exact) mass is 427 g/mol. The fourth-order valence-corrected chi connectivity index (χ4v) is 3.84. The van der Waals surface area contributed by atoms with E-state index in [-0.39, 0.29) is 0 Å². The van der Waals surface area contributed by atoms with E-state index in [1.54, 1.807) is 0 Å². The van der Waals surface area contributed by atoms with Gasteiger partial charge in [0.05, 0.1) is 32.0 Å². The van der Waals surface area contributed by atoms with Gasteiger partial charge in [-0.25, -0.2) is 4.99 Å². The normalized spacial score (nSPS) is 15.4. The van der Waals surface area contributed by atoms with Gasteiger partial charge in [0.1, 0.15) is 0 Å². The number of nitrogens with zero attached hydrogens (tertiary/aromatic N) is 3. The van der Waals surface area contributed by atoms with E-state index in [0.29, 0.717) is 19.0 Å². The zero-order valence-corrected chi connectivity index (χ0v) is 19.2. The predicted molar refractivity (Wildman–Crippen MR) is 124 cm³/mol. The average molecular weight is 428 g/mol. The van der Waals surface area contributed by atoms with Gasteiger partial charge in [-0.2, -0.15) is 0 Å². The van der Waals surface area contributed by atoms with E-state index in [0.717, 1.165) is 69.6 Å². The SMILES string of the molecule is CCNC(=NCc1cccc(CN2CCOCC2)c1)NCc1cc(C(CC)CC)no1. The maximum Gasteiger partial charge on any atom is 0.191 e. The molecule has 0 atom stereocenters. The molecule has 1 saturated heterocycles. The van der Waals surface area contributed by atoms with Crippen LogP contribution in [0.1, 0.15) is 62.1 Å². The number of aromatic nitrogens is 1. The lowest BCUT2D eigenvalue weighted by Crippen LogP contribution is -2.36. The largest absolute Gasteiger partial charge is 0.379 e. The van der Waals surface area contributed by atoms with Crippen LogP contribution in [0.3, 0.4) is 0 Å². The molecule has 0 unspecified atom stereocenters. The summed E-state index contributed by atoms with van der Waals surface area (Å²) in [5.74, 6) is 2.07. The minimum atomic E-state index is 0.462. The summed E-state index contributed by atoms with van der Waals surface area (Å²) in [5.41, 5.74) is 3.57. The summed E-state index contributed by atoms with van der Waals surface area (Å²) < 4.78 is 11.0. The molecule has 2 heterocycles. The molecule has 31 heavy (non-hydrogen) atoms. The molecule has 7 nitrogen and oxygen atoms in total. The Bertz CT molecular complexity index is 810. The van der Waals surface area contributed by atoms with Gasteiger partial charge >= 0.3 is 0 Å². The van der Waals surface area contributed by atoms with Crippen molar-refractivity contribution in [3.8, 4) is 0 Å². The second-order valence-corrected chi connectivity index (χ2v) is 7.99. The van der Waals surface area contributed by atoms with Gasteiger partial charge in [-0.1, -0.05) is 43.3 Å². The summed E-state index contributed by atoms with van der Waals surface area (Å²) in [6.45, 7) is 13.0. The highest BCUT2D eigenvalue weighted by molar-refractivity contribution is 5.79. The number of ether oxygens (including phenoxy) is 1. The van der Waals surface area contributed by atoms with Crippen LogP contribution in [-0.2, 0) is 24.4 Å². The lowest BCUT2D eigenvalue weighted by molar-refractivity contribution is 0.0342. The highest BCUT2D eigenvalue weighted by atomic mass is 16.5. The third-order valence-electron chi connectivity index (χ3n) is 5.68. The summed E-state index contributed by atoms with van der Waals surface area (Å²) in [4.78, 5) is 7.20. The van der Waals surface area contributed by atoms with E-state index in [1.165, 1.54) is 11.1 Å². The van der Waals surface area contributed by atoms with Crippen molar-refractivity contribution in [1.29, 1.82) is 0 Å². The van der Waals surface area contributed by atoms with Crippen molar-refractivity contribution in [3.05, 3.63) is 52.9 Å². The first-order chi connectivity index (χ1) is 15.2. The Morgan fingerprint density at radius 1 is 1.10 bits per heavy atom. The number of hydrogen-bond donors (Lipinski definition) is 2. The first kappa shape index (κ1) is 23.3. The number of hydrogen-bond acceptors (Lipinski definition) is 5. The second kappa shape index (κ2) is 12.5. The molecule has 1 aromatic heterocycles. The van der Waals surface area contributed by atoms with Crippen LogP contribution in [0.25, 0.3) is 0 Å². The van der Waals surface area contributed by atoms with E-state index in [1.807, 2.05) is 0 Å². The fourth-order valence-electron chi connectivity index (χ4n) is 3.84. The van der Waals surface area contributed by atoms with E-state index in [4.69, 9.17) is 14.3 Å². The average Bonchev–Trinajstić information content (AvgIpc) is 3.26. The summed E-state index contributed by atoms with van der Waals surface area (Å²) in [5, 5.41) is 10.9. The predicted octanol–water partition coefficient (Wildman–Crippen LogP) is 3.67. The maximum absolute atomic E-state index is 5.52. The summed E-state index contributed by atoms with van der Waals surface area (Å²) in [6.07, 6.45) is 2.15. The first-order valence-corrected chi connectivity index (χ1v) is 11.6. The molecule has 0 aliphatic carbocycles. The first-order valence-electron chi connectivity index (χ1n) is 11.6. The van der Waals surface area contributed by atoms with Crippen molar-refractivity contribution >= 4 is 5.96 Å². The number of morpholine rings is 1. The van der Waals surface area contributed by atoms with Crippen LogP contribution in [0.2, 0.25) is 0 Å². The molecule has 2 aromatic rings. The quantitative estimate of drug-likeness (QED) is 0.445. The van der Waals surface area contributed by atoms with Gasteiger partial charge in [0, 0.05) is 38.2 Å². The molecule has 1 aromatic carbocycles. The third-order valence-corrected chi connectivity index (χ3v) is 5.68. The molecule has 1 aliphatic heterocycles. The molecule has 1 fully saturated rings. The fraction of sp³-hybridized carbons (Fsp3) is 0.583. The Hall–Kier alpha value is -2.38. The van der Waals surface area contributed by atoms with Gasteiger partial charge in [-0.15, -0.1) is 0 Å². The Kier molecular flexibility index (Phi) is 9.37. The van der Waals surface area contributed by atoms with Crippen molar-refractivity contribution in [1.82, 2.24) is 20.7 Å². The van der Waals surface area contributed by atoms with Gasteiger partial charge in [-0.05, 0) is 30.9 Å². The molecule has 170 valence electrons. The van der Waals surface area contributed by atoms with Gasteiger partial charge < -0.3 is 19.9 Å². The van der Waals surface area contributed by atoms with Crippen LogP contribution in [0.4, 0.5) is 0 Å². The number of benzene rings is 1. The number of rotatable bonds is 10. The van der Waals surface area contributed by atoms with Crippen molar-refractivity contribution in [2.24, 2.45) is 4.99 Å². The van der Waals surface area contributed by atoms with E-state index in [9.17, 15) is 0 Å². The Morgan fingerprint density at radius 2 is 1.87 bits per heavy atom. The highest BCUT2D eigenvalue weighted by Crippen LogP contribution is 2.22. The Balaban J connectivity index is 1.56. The van der Waals surface area contributed by atoms with Crippen LogP contribution in [0.5, 0.6) is 0 Å².